The first-order chi connectivity index (χ1) is 9.80. The van der Waals surface area contributed by atoms with Crippen LogP contribution in [0.4, 0.5) is 11.4 Å². The first-order valence-electron chi connectivity index (χ1n) is 5.65. The van der Waals surface area contributed by atoms with Crippen LogP contribution >= 0.6 is 35.3 Å². The third-order valence-corrected chi connectivity index (χ3v) is 5.00. The van der Waals surface area contributed by atoms with Crippen LogP contribution in [-0.4, -0.2) is 0 Å². The summed E-state index contributed by atoms with van der Waals surface area (Å²) in [6.45, 7) is 0. The number of benzene rings is 2. The van der Waals surface area contributed by atoms with Crippen LogP contribution in [0.5, 0.6) is 0 Å². The average Bonchev–Trinajstić information content (AvgIpc) is 2.46. The van der Waals surface area contributed by atoms with Gasteiger partial charge in [-0.2, -0.15) is 10.5 Å². The van der Waals surface area contributed by atoms with Crippen molar-refractivity contribution < 1.29 is 0 Å². The summed E-state index contributed by atoms with van der Waals surface area (Å²) in [4.78, 5) is 4.06. The van der Waals surface area contributed by atoms with Crippen LogP contribution in [-0.2, 0) is 0 Å². The number of anilines is 2. The molecular weight excluding hydrogens is 306 g/mol. The summed E-state index contributed by atoms with van der Waals surface area (Å²) in [5.74, 6) is 0. The summed E-state index contributed by atoms with van der Waals surface area (Å²) in [5, 5.41) is 25.0. The van der Waals surface area contributed by atoms with Crippen LogP contribution in [0.25, 0.3) is 0 Å². The average molecular weight is 313 g/mol. The van der Waals surface area contributed by atoms with Gasteiger partial charge in [0.05, 0.1) is 11.4 Å². The first kappa shape index (κ1) is 13.3. The van der Waals surface area contributed by atoms with Gasteiger partial charge >= 0.3 is 0 Å². The van der Waals surface area contributed by atoms with Gasteiger partial charge in [-0.3, -0.25) is 0 Å². The maximum atomic E-state index is 8.73. The molecule has 1 N–H and O–H groups in total. The predicted molar refractivity (Wildman–Crippen MR) is 83.2 cm³/mol. The van der Waals surface area contributed by atoms with Gasteiger partial charge in [0, 0.05) is 19.6 Å². The van der Waals surface area contributed by atoms with Gasteiger partial charge in [-0.25, -0.2) is 0 Å². The Hall–Kier alpha value is -1.73. The number of hydrogen-bond acceptors (Lipinski definition) is 6. The van der Waals surface area contributed by atoms with Crippen LogP contribution in [0, 0.1) is 21.3 Å². The molecule has 1 aliphatic heterocycles. The summed E-state index contributed by atoms with van der Waals surface area (Å²) >= 11 is 3.97. The molecular formula is C14H7N3S3. The fraction of sp³-hybridized carbons (Fsp3) is 0. The lowest BCUT2D eigenvalue weighted by Gasteiger charge is -2.21. The highest BCUT2D eigenvalue weighted by Crippen LogP contribution is 2.46. The molecule has 0 bridgehead atoms. The Morgan fingerprint density at radius 3 is 1.80 bits per heavy atom. The Morgan fingerprint density at radius 2 is 1.35 bits per heavy atom. The van der Waals surface area contributed by atoms with Crippen LogP contribution in [0.3, 0.4) is 0 Å². The van der Waals surface area contributed by atoms with E-state index in [1.807, 2.05) is 36.4 Å². The van der Waals surface area contributed by atoms with Gasteiger partial charge < -0.3 is 5.32 Å². The number of thioether (sulfide) groups is 2. The molecule has 0 saturated carbocycles. The summed E-state index contributed by atoms with van der Waals surface area (Å²) in [7, 11) is 0. The SMILES string of the molecule is N#CSc1ccc2c(c1)Sc1cc(SC#N)ccc1N2. The Kier molecular flexibility index (Phi) is 3.79. The van der Waals surface area contributed by atoms with Crippen LogP contribution in [0.15, 0.2) is 56.0 Å². The molecule has 1 heterocycles. The van der Waals surface area contributed by atoms with Gasteiger partial charge in [-0.15, -0.1) is 0 Å². The van der Waals surface area contributed by atoms with E-state index in [9.17, 15) is 0 Å². The number of nitriles is 2. The standard InChI is InChI=1S/C14H7N3S3/c15-7-18-9-1-3-11-13(5-9)20-14-6-10(19-8-16)2-4-12(14)17-11/h1-6,17H. The second kappa shape index (κ2) is 5.72. The van der Waals surface area contributed by atoms with Crippen molar-refractivity contribution in [2.24, 2.45) is 0 Å². The molecule has 0 radical (unpaired) electrons. The van der Waals surface area contributed by atoms with E-state index in [2.05, 4.69) is 16.1 Å². The van der Waals surface area contributed by atoms with E-state index >= 15 is 0 Å². The topological polar surface area (TPSA) is 59.6 Å². The molecule has 6 heteroatoms. The predicted octanol–water partition coefficient (Wildman–Crippen LogP) is 5.04. The van der Waals surface area contributed by atoms with Gasteiger partial charge in [0.25, 0.3) is 0 Å². The highest BCUT2D eigenvalue weighted by Gasteiger charge is 2.16. The Bertz CT molecular complexity index is 696. The second-order valence-electron chi connectivity index (χ2n) is 3.93. The summed E-state index contributed by atoms with van der Waals surface area (Å²) in [6, 6.07) is 11.9. The highest BCUT2D eigenvalue weighted by atomic mass is 32.2. The fourth-order valence-electron chi connectivity index (χ4n) is 1.88. The molecule has 2 aromatic carbocycles. The minimum atomic E-state index is 0.937. The lowest BCUT2D eigenvalue weighted by molar-refractivity contribution is 1.24. The van der Waals surface area contributed by atoms with E-state index in [0.717, 1.165) is 54.5 Å². The minimum absolute atomic E-state index is 0.937. The first-order valence-corrected chi connectivity index (χ1v) is 8.10. The van der Waals surface area contributed by atoms with Gasteiger partial charge in [0.15, 0.2) is 0 Å². The highest BCUT2D eigenvalue weighted by molar-refractivity contribution is 8.04. The van der Waals surface area contributed by atoms with Crippen LogP contribution in [0.2, 0.25) is 0 Å². The Labute approximate surface area is 129 Å². The Balaban J connectivity index is 1.95. The molecule has 3 nitrogen and oxygen atoms in total. The smallest absolute Gasteiger partial charge is 0.138 e. The summed E-state index contributed by atoms with van der Waals surface area (Å²) in [6.07, 6.45) is 0. The molecule has 0 aromatic heterocycles. The number of nitrogens with one attached hydrogen (secondary N) is 1. The van der Waals surface area contributed by atoms with E-state index in [4.69, 9.17) is 10.5 Å². The van der Waals surface area contributed by atoms with Crippen molar-refractivity contribution in [3.05, 3.63) is 36.4 Å². The normalized spacial score (nSPS) is 11.5. The van der Waals surface area contributed by atoms with Crippen LogP contribution in [0.1, 0.15) is 0 Å². The van der Waals surface area contributed by atoms with Crippen molar-refractivity contribution in [3.8, 4) is 10.8 Å². The van der Waals surface area contributed by atoms with E-state index < -0.39 is 0 Å². The largest absolute Gasteiger partial charge is 0.354 e. The molecule has 0 amide bonds. The van der Waals surface area contributed by atoms with Crippen molar-refractivity contribution in [2.45, 2.75) is 19.6 Å². The number of rotatable bonds is 2. The number of nitrogens with zero attached hydrogens (tertiary/aromatic N) is 2. The Morgan fingerprint density at radius 1 is 0.850 bits per heavy atom. The third kappa shape index (κ3) is 2.59. The lowest BCUT2D eigenvalue weighted by atomic mass is 10.2. The van der Waals surface area contributed by atoms with Crippen LogP contribution < -0.4 is 5.32 Å². The summed E-state index contributed by atoms with van der Waals surface area (Å²) in [5.41, 5.74) is 2.09. The van der Waals surface area contributed by atoms with Gasteiger partial charge in [-0.1, -0.05) is 11.8 Å². The molecule has 2 aromatic rings. The molecule has 20 heavy (non-hydrogen) atoms. The number of thiocyanates is 2. The van der Waals surface area contributed by atoms with Crippen molar-refractivity contribution in [1.29, 1.82) is 10.5 Å². The third-order valence-electron chi connectivity index (χ3n) is 2.72. The minimum Gasteiger partial charge on any atom is -0.354 e. The van der Waals surface area contributed by atoms with E-state index in [1.54, 1.807) is 11.8 Å². The molecule has 1 aliphatic rings. The molecule has 0 unspecified atom stereocenters. The van der Waals surface area contributed by atoms with Gasteiger partial charge in [-0.05, 0) is 59.9 Å². The maximum Gasteiger partial charge on any atom is 0.138 e. The fourth-order valence-corrected chi connectivity index (χ4v) is 3.93. The zero-order valence-electron chi connectivity index (χ0n) is 10.1. The molecule has 0 saturated heterocycles. The number of fused-ring (bicyclic) bond motifs is 2. The number of hydrogen-bond donors (Lipinski definition) is 1. The molecule has 3 rings (SSSR count). The zero-order valence-corrected chi connectivity index (χ0v) is 12.5. The molecule has 0 aliphatic carbocycles. The lowest BCUT2D eigenvalue weighted by Crippen LogP contribution is -1.99. The molecule has 96 valence electrons. The van der Waals surface area contributed by atoms with Crippen molar-refractivity contribution in [1.82, 2.24) is 0 Å². The van der Waals surface area contributed by atoms with E-state index in [1.165, 1.54) is 0 Å². The maximum absolute atomic E-state index is 8.73. The van der Waals surface area contributed by atoms with Gasteiger partial charge in [0.1, 0.15) is 10.8 Å². The summed E-state index contributed by atoms with van der Waals surface area (Å²) < 4.78 is 0. The quantitative estimate of drug-likeness (QED) is 0.528. The zero-order chi connectivity index (χ0) is 13.9. The van der Waals surface area contributed by atoms with E-state index in [0.29, 0.717) is 0 Å². The molecule has 0 spiro atoms. The molecule has 0 fully saturated rings. The second-order valence-corrected chi connectivity index (χ2v) is 6.73. The van der Waals surface area contributed by atoms with E-state index in [-0.39, 0.29) is 0 Å². The van der Waals surface area contributed by atoms with Crippen molar-refractivity contribution >= 4 is 46.7 Å². The molecule has 0 atom stereocenters. The van der Waals surface area contributed by atoms with Crippen molar-refractivity contribution in [2.75, 3.05) is 5.32 Å². The van der Waals surface area contributed by atoms with Crippen molar-refractivity contribution in [3.63, 3.8) is 0 Å². The monoisotopic (exact) mass is 313 g/mol. The van der Waals surface area contributed by atoms with Gasteiger partial charge in [0.2, 0.25) is 0 Å².